The van der Waals surface area contributed by atoms with Crippen LogP contribution in [0.25, 0.3) is 0 Å². The van der Waals surface area contributed by atoms with E-state index in [4.69, 9.17) is 15.2 Å². The van der Waals surface area contributed by atoms with Crippen LogP contribution in [0.1, 0.15) is 29.4 Å². The molecule has 3 rings (SSSR count). The zero-order valence-corrected chi connectivity index (χ0v) is 17.3. The highest BCUT2D eigenvalue weighted by Crippen LogP contribution is 2.38. The summed E-state index contributed by atoms with van der Waals surface area (Å²) in [6.07, 6.45) is 2.99. The van der Waals surface area contributed by atoms with E-state index < -0.39 is 23.1 Å². The van der Waals surface area contributed by atoms with Crippen LogP contribution in [-0.2, 0) is 10.3 Å². The number of thioether (sulfide) groups is 1. The number of nitrogens with one attached hydrogen (secondary N) is 1. The Balaban J connectivity index is 1.79. The summed E-state index contributed by atoms with van der Waals surface area (Å²) in [5.41, 5.74) is 4.83. The van der Waals surface area contributed by atoms with Crippen molar-refractivity contribution in [1.82, 2.24) is 9.97 Å². The van der Waals surface area contributed by atoms with Crippen LogP contribution in [0.15, 0.2) is 29.5 Å². The molecule has 0 spiro atoms. The van der Waals surface area contributed by atoms with Crippen molar-refractivity contribution < 1.29 is 23.0 Å². The van der Waals surface area contributed by atoms with Gasteiger partial charge in [0.1, 0.15) is 12.3 Å². The van der Waals surface area contributed by atoms with Gasteiger partial charge >= 0.3 is 0 Å². The lowest BCUT2D eigenvalue weighted by Crippen LogP contribution is -2.30. The fourth-order valence-corrected chi connectivity index (χ4v) is 3.84. The molecule has 0 fully saturated rings. The third kappa shape index (κ3) is 5.03. The molecule has 8 nitrogen and oxygen atoms in total. The lowest BCUT2D eigenvalue weighted by Gasteiger charge is -2.30. The zero-order chi connectivity index (χ0) is 21.7. The van der Waals surface area contributed by atoms with E-state index >= 15 is 0 Å². The van der Waals surface area contributed by atoms with E-state index in [9.17, 15) is 13.6 Å². The van der Waals surface area contributed by atoms with E-state index in [-0.39, 0.29) is 22.8 Å². The molecule has 1 atom stereocenters. The number of rotatable bonds is 7. The number of benzene rings is 1. The Kier molecular flexibility index (Phi) is 6.83. The van der Waals surface area contributed by atoms with Crippen molar-refractivity contribution in [1.29, 1.82) is 0 Å². The smallest absolute Gasteiger partial charge is 0.275 e. The first kappa shape index (κ1) is 21.9. The van der Waals surface area contributed by atoms with Crippen molar-refractivity contribution >= 4 is 28.5 Å². The number of aromatic nitrogens is 2. The Bertz CT molecular complexity index is 958. The Morgan fingerprint density at radius 3 is 2.77 bits per heavy atom. The number of anilines is 1. The summed E-state index contributed by atoms with van der Waals surface area (Å²) >= 11 is 1.35. The van der Waals surface area contributed by atoms with Gasteiger partial charge in [-0.05, 0) is 19.4 Å². The normalized spacial score (nSPS) is 18.6. The van der Waals surface area contributed by atoms with Crippen LogP contribution in [0.2, 0.25) is 0 Å². The maximum absolute atomic E-state index is 14.5. The van der Waals surface area contributed by atoms with E-state index in [2.05, 4.69) is 20.3 Å². The van der Waals surface area contributed by atoms with Crippen LogP contribution in [0.5, 0.6) is 5.88 Å². The van der Waals surface area contributed by atoms with Crippen molar-refractivity contribution in [3.05, 3.63) is 47.4 Å². The van der Waals surface area contributed by atoms with Crippen LogP contribution in [0, 0.1) is 11.6 Å². The first-order valence-electron chi connectivity index (χ1n) is 9.05. The maximum Gasteiger partial charge on any atom is 0.275 e. The van der Waals surface area contributed by atoms with E-state index in [1.807, 2.05) is 0 Å². The van der Waals surface area contributed by atoms with E-state index in [1.54, 1.807) is 14.0 Å². The van der Waals surface area contributed by atoms with Crippen molar-refractivity contribution in [2.45, 2.75) is 18.9 Å². The molecule has 0 aliphatic carbocycles. The molecule has 1 aromatic heterocycles. The Hall–Kier alpha value is -2.79. The minimum absolute atomic E-state index is 0.0112. The van der Waals surface area contributed by atoms with Crippen LogP contribution >= 0.6 is 11.8 Å². The standard InChI is InChI=1S/C19H21F2N5O3S/c1-19(3-6-30-18(22)26-19)12-7-11(8-13(20)16(12)21)25-17(27)14-9-24-15(10-23-14)29-5-4-28-2/h7-10H,3-6H2,1-2H3,(H2,22,26)(H,25,27). The summed E-state index contributed by atoms with van der Waals surface area (Å²) in [7, 11) is 1.54. The Labute approximate surface area is 176 Å². The Morgan fingerprint density at radius 2 is 2.10 bits per heavy atom. The Morgan fingerprint density at radius 1 is 1.30 bits per heavy atom. The van der Waals surface area contributed by atoms with Crippen molar-refractivity contribution in [3.63, 3.8) is 0 Å². The number of methoxy groups -OCH3 is 1. The number of halogens is 2. The second-order valence-electron chi connectivity index (χ2n) is 6.68. The van der Waals surface area contributed by atoms with Crippen molar-refractivity contribution in [2.24, 2.45) is 10.7 Å². The summed E-state index contributed by atoms with van der Waals surface area (Å²) in [4.78, 5) is 24.7. The molecule has 2 heterocycles. The van der Waals surface area contributed by atoms with Gasteiger partial charge in [-0.15, -0.1) is 0 Å². The average Bonchev–Trinajstić information content (AvgIpc) is 2.71. The second-order valence-corrected chi connectivity index (χ2v) is 7.79. The minimum atomic E-state index is -1.09. The van der Waals surface area contributed by atoms with Crippen LogP contribution in [0.4, 0.5) is 14.5 Å². The summed E-state index contributed by atoms with van der Waals surface area (Å²) in [5, 5.41) is 2.82. The van der Waals surface area contributed by atoms with Gasteiger partial charge in [0.05, 0.1) is 24.5 Å². The molecule has 0 saturated carbocycles. The molecule has 3 N–H and O–H groups in total. The fourth-order valence-electron chi connectivity index (χ4n) is 2.87. The fraction of sp³-hybridized carbons (Fsp3) is 0.368. The van der Waals surface area contributed by atoms with Gasteiger partial charge in [0, 0.05) is 30.2 Å². The molecule has 11 heteroatoms. The molecular formula is C19H21F2N5O3S. The van der Waals surface area contributed by atoms with Crippen LogP contribution in [0.3, 0.4) is 0 Å². The molecule has 0 saturated heterocycles. The van der Waals surface area contributed by atoms with Gasteiger partial charge in [0.15, 0.2) is 16.8 Å². The number of amidine groups is 1. The van der Waals surface area contributed by atoms with Gasteiger partial charge < -0.3 is 20.5 Å². The molecule has 160 valence electrons. The molecule has 0 radical (unpaired) electrons. The average molecular weight is 437 g/mol. The molecule has 0 bridgehead atoms. The van der Waals surface area contributed by atoms with E-state index in [1.165, 1.54) is 30.2 Å². The first-order valence-corrected chi connectivity index (χ1v) is 10.0. The molecular weight excluding hydrogens is 416 g/mol. The van der Waals surface area contributed by atoms with Crippen molar-refractivity contribution in [2.75, 3.05) is 31.4 Å². The number of aliphatic imine (C=N–C) groups is 1. The summed E-state index contributed by atoms with van der Waals surface area (Å²) in [6.45, 7) is 2.35. The van der Waals surface area contributed by atoms with Gasteiger partial charge in [-0.1, -0.05) is 11.8 Å². The maximum atomic E-state index is 14.5. The molecule has 1 aliphatic rings. The second kappa shape index (κ2) is 9.35. The number of ether oxygens (including phenoxy) is 2. The largest absolute Gasteiger partial charge is 0.474 e. The van der Waals surface area contributed by atoms with E-state index in [0.717, 1.165) is 6.07 Å². The van der Waals surface area contributed by atoms with Gasteiger partial charge in [0.25, 0.3) is 5.91 Å². The SMILES string of the molecule is COCCOc1cnc(C(=O)Nc2cc(F)c(F)c(C3(C)CCSC(N)=N3)c2)cn1. The lowest BCUT2D eigenvalue weighted by atomic mass is 9.89. The summed E-state index contributed by atoms with van der Waals surface area (Å²) < 4.78 is 38.9. The number of hydrogen-bond acceptors (Lipinski definition) is 8. The highest BCUT2D eigenvalue weighted by atomic mass is 32.2. The van der Waals surface area contributed by atoms with Gasteiger partial charge in [-0.25, -0.2) is 18.7 Å². The first-order chi connectivity index (χ1) is 14.3. The predicted molar refractivity (Wildman–Crippen MR) is 110 cm³/mol. The minimum Gasteiger partial charge on any atom is -0.474 e. The third-order valence-corrected chi connectivity index (χ3v) is 5.26. The quantitative estimate of drug-likeness (QED) is 0.641. The van der Waals surface area contributed by atoms with Crippen molar-refractivity contribution in [3.8, 4) is 5.88 Å². The number of carbonyl (C=O) groups excluding carboxylic acids is 1. The molecule has 30 heavy (non-hydrogen) atoms. The number of hydrogen-bond donors (Lipinski definition) is 2. The third-order valence-electron chi connectivity index (χ3n) is 4.46. The summed E-state index contributed by atoms with van der Waals surface area (Å²) in [6, 6.07) is 2.26. The van der Waals surface area contributed by atoms with Gasteiger partial charge in [-0.2, -0.15) is 0 Å². The number of amides is 1. The highest BCUT2D eigenvalue weighted by molar-refractivity contribution is 8.13. The van der Waals surface area contributed by atoms with Crippen LogP contribution < -0.4 is 15.8 Å². The predicted octanol–water partition coefficient (Wildman–Crippen LogP) is 2.70. The monoisotopic (exact) mass is 437 g/mol. The lowest BCUT2D eigenvalue weighted by molar-refractivity contribution is 0.102. The molecule has 1 aromatic carbocycles. The van der Waals surface area contributed by atoms with Gasteiger partial charge in [0.2, 0.25) is 5.88 Å². The number of nitrogens with zero attached hydrogens (tertiary/aromatic N) is 3. The van der Waals surface area contributed by atoms with E-state index in [0.29, 0.717) is 30.6 Å². The molecule has 1 aliphatic heterocycles. The number of nitrogens with two attached hydrogens (primary N) is 1. The zero-order valence-electron chi connectivity index (χ0n) is 16.4. The van der Waals surface area contributed by atoms with Gasteiger partial charge in [-0.3, -0.25) is 9.79 Å². The number of carbonyl (C=O) groups is 1. The summed E-state index contributed by atoms with van der Waals surface area (Å²) in [5.74, 6) is -1.88. The molecule has 1 unspecified atom stereocenters. The topological polar surface area (TPSA) is 112 Å². The van der Waals surface area contributed by atoms with Crippen LogP contribution in [-0.4, -0.2) is 47.1 Å². The molecule has 2 aromatic rings. The highest BCUT2D eigenvalue weighted by Gasteiger charge is 2.33. The molecule has 1 amide bonds.